The molecule has 1 radical (unpaired) electrons. The van der Waals surface area contributed by atoms with Gasteiger partial charge in [-0.2, -0.15) is 0 Å². The largest absolute Gasteiger partial charge is 0.507 e. The third kappa shape index (κ3) is 12.1. The third-order valence-corrected chi connectivity index (χ3v) is 13.6. The second kappa shape index (κ2) is 24.1. The van der Waals surface area contributed by atoms with Crippen LogP contribution >= 0.6 is 0 Å². The van der Waals surface area contributed by atoms with Gasteiger partial charge in [-0.15, -0.1) is 18.2 Å². The van der Waals surface area contributed by atoms with Gasteiger partial charge in [0, 0.05) is 55.0 Å². The van der Waals surface area contributed by atoms with Crippen molar-refractivity contribution in [1.82, 2.24) is 15.0 Å². The van der Waals surface area contributed by atoms with Crippen LogP contribution < -0.4 is 0 Å². The quantitative estimate of drug-likeness (QED) is 0.119. The molecule has 0 unspecified atom stereocenters. The van der Waals surface area contributed by atoms with E-state index in [2.05, 4.69) is 175 Å². The summed E-state index contributed by atoms with van der Waals surface area (Å²) in [7, 11) is 0. The number of rotatable bonds is 12. The average Bonchev–Trinajstić information content (AvgIpc) is 3.43. The van der Waals surface area contributed by atoms with E-state index in [1.54, 1.807) is 12.1 Å². The monoisotopic (exact) mass is 1160 g/mol. The van der Waals surface area contributed by atoms with Gasteiger partial charge in [-0.05, 0) is 133 Å². The summed E-state index contributed by atoms with van der Waals surface area (Å²) in [6, 6.07) is 69.3. The van der Waals surface area contributed by atoms with Gasteiger partial charge in [0.25, 0.3) is 0 Å². The zero-order valence-electron chi connectivity index (χ0n) is 44.0. The summed E-state index contributed by atoms with van der Waals surface area (Å²) < 4.78 is 0. The molecule has 0 spiro atoms. The van der Waals surface area contributed by atoms with Crippen LogP contribution in [0.25, 0.3) is 89.5 Å². The number of aromatic hydroxyl groups is 2. The molecule has 10 aromatic rings. The minimum Gasteiger partial charge on any atom is -0.507 e. The first-order valence-corrected chi connectivity index (χ1v) is 25.8. The molecule has 10 rings (SSSR count). The second-order valence-electron chi connectivity index (χ2n) is 20.2. The van der Waals surface area contributed by atoms with Crippen LogP contribution in [0.3, 0.4) is 0 Å². The molecule has 377 valence electrons. The number of nitrogens with zero attached hydrogens (tertiary/aromatic N) is 3. The molecule has 7 aromatic carbocycles. The minimum absolute atomic E-state index is 0. The molecule has 0 atom stereocenters. The Morgan fingerprint density at radius 1 is 0.333 bits per heavy atom. The molecule has 6 heteroatoms. The number of hydrogen-bond donors (Lipinski definition) is 2. The maximum absolute atomic E-state index is 10.7. The van der Waals surface area contributed by atoms with E-state index in [9.17, 15) is 10.2 Å². The van der Waals surface area contributed by atoms with E-state index in [-0.39, 0.29) is 43.4 Å². The summed E-state index contributed by atoms with van der Waals surface area (Å²) >= 11 is 0. The van der Waals surface area contributed by atoms with Crippen LogP contribution in [0, 0.1) is 6.07 Å². The van der Waals surface area contributed by atoms with E-state index in [1.807, 2.05) is 91.3 Å². The molecule has 3 aromatic heterocycles. The van der Waals surface area contributed by atoms with Gasteiger partial charge in [0.1, 0.15) is 11.5 Å². The Labute approximate surface area is 457 Å². The Hall–Kier alpha value is -7.76. The first-order chi connectivity index (χ1) is 35.8. The van der Waals surface area contributed by atoms with Crippen LogP contribution in [0.5, 0.6) is 11.5 Å². The fourth-order valence-corrected chi connectivity index (χ4v) is 9.82. The molecular formula is C69H64IrN3O2-. The summed E-state index contributed by atoms with van der Waals surface area (Å²) in [6.07, 6.45) is 3.67. The second-order valence-corrected chi connectivity index (χ2v) is 20.2. The smallest absolute Gasteiger partial charge is 0.124 e. The number of phenols is 2. The van der Waals surface area contributed by atoms with Gasteiger partial charge in [-0.1, -0.05) is 206 Å². The van der Waals surface area contributed by atoms with Gasteiger partial charge >= 0.3 is 0 Å². The molecule has 75 heavy (non-hydrogen) atoms. The number of phenolic OH excluding ortho intramolecular Hbond substituents is 2. The fourth-order valence-electron chi connectivity index (χ4n) is 9.82. The number of para-hydroxylation sites is 2. The average molecular weight is 1160 g/mol. The molecule has 0 fully saturated rings. The van der Waals surface area contributed by atoms with E-state index in [4.69, 9.17) is 4.98 Å². The van der Waals surface area contributed by atoms with Crippen LogP contribution in [0.2, 0.25) is 0 Å². The van der Waals surface area contributed by atoms with E-state index in [0.717, 1.165) is 28.1 Å². The van der Waals surface area contributed by atoms with Crippen LogP contribution in [-0.4, -0.2) is 25.2 Å². The van der Waals surface area contributed by atoms with E-state index >= 15 is 0 Å². The third-order valence-electron chi connectivity index (χ3n) is 13.6. The number of hydrogen-bond acceptors (Lipinski definition) is 5. The number of benzene rings is 7. The normalized spacial score (nSPS) is 11.1. The molecule has 5 nitrogen and oxygen atoms in total. The Morgan fingerprint density at radius 2 is 0.667 bits per heavy atom. The Morgan fingerprint density at radius 3 is 1.00 bits per heavy atom. The van der Waals surface area contributed by atoms with Crippen LogP contribution in [0.1, 0.15) is 101 Å². The van der Waals surface area contributed by atoms with Crippen molar-refractivity contribution >= 4 is 0 Å². The molecule has 0 aliphatic carbocycles. The van der Waals surface area contributed by atoms with Crippen LogP contribution in [-0.2, 0) is 20.1 Å². The van der Waals surface area contributed by atoms with Crippen molar-refractivity contribution in [1.29, 1.82) is 0 Å². The summed E-state index contributed by atoms with van der Waals surface area (Å²) in [6.45, 7) is 18.1. The maximum Gasteiger partial charge on any atom is 0.124 e. The maximum atomic E-state index is 10.7. The fraction of sp³-hybridized carbons (Fsp3) is 0.174. The van der Waals surface area contributed by atoms with Crippen molar-refractivity contribution in [3.05, 3.63) is 235 Å². The molecular weight excluding hydrogens is 1090 g/mol. The molecule has 0 saturated heterocycles. The number of aromatic nitrogens is 3. The molecule has 0 aliphatic heterocycles. The molecule has 0 aliphatic rings. The first kappa shape index (κ1) is 53.5. The Kier molecular flexibility index (Phi) is 17.2. The van der Waals surface area contributed by atoms with Gasteiger partial charge in [0.05, 0.1) is 11.4 Å². The first-order valence-electron chi connectivity index (χ1n) is 25.8. The summed E-state index contributed by atoms with van der Waals surface area (Å²) in [4.78, 5) is 14.2. The van der Waals surface area contributed by atoms with Crippen molar-refractivity contribution in [2.45, 2.75) is 79.1 Å². The summed E-state index contributed by atoms with van der Waals surface area (Å²) in [5, 5.41) is 21.4. The van der Waals surface area contributed by atoms with Gasteiger partial charge in [-0.3, -0.25) is 9.97 Å². The van der Waals surface area contributed by atoms with Crippen molar-refractivity contribution in [3.63, 3.8) is 0 Å². The van der Waals surface area contributed by atoms with E-state index < -0.39 is 0 Å². The Balaban J connectivity index is 0.000000197. The molecule has 2 N–H and O–H groups in total. The van der Waals surface area contributed by atoms with Crippen molar-refractivity contribution in [3.8, 4) is 101 Å². The van der Waals surface area contributed by atoms with Crippen molar-refractivity contribution in [2.75, 3.05) is 0 Å². The van der Waals surface area contributed by atoms with Gasteiger partial charge in [0.15, 0.2) is 0 Å². The van der Waals surface area contributed by atoms with Crippen LogP contribution in [0.4, 0.5) is 0 Å². The van der Waals surface area contributed by atoms with Gasteiger partial charge < -0.3 is 10.2 Å². The zero-order chi connectivity index (χ0) is 51.9. The van der Waals surface area contributed by atoms with Gasteiger partial charge in [0.2, 0.25) is 0 Å². The van der Waals surface area contributed by atoms with Gasteiger partial charge in [-0.25, -0.2) is 4.98 Å². The van der Waals surface area contributed by atoms with E-state index in [0.29, 0.717) is 34.4 Å². The zero-order valence-corrected chi connectivity index (χ0v) is 46.4. The summed E-state index contributed by atoms with van der Waals surface area (Å²) in [5.41, 5.74) is 21.2. The van der Waals surface area contributed by atoms with Crippen molar-refractivity contribution in [2.24, 2.45) is 0 Å². The summed E-state index contributed by atoms with van der Waals surface area (Å²) in [5.74, 6) is 1.63. The topological polar surface area (TPSA) is 79.1 Å². The molecule has 0 amide bonds. The molecule has 0 saturated carbocycles. The minimum atomic E-state index is 0. The van der Waals surface area contributed by atoms with E-state index in [1.165, 1.54) is 61.2 Å². The SMILES string of the molecule is CC(C)c1cc(-c2ccccc2)cc(C(C)C)c1-c1cc(-c2ccccc2O)nc(-c2ccccc2O)c1.CC(C)c1cc(-c2ccccc2)cc(C(C)C)c1-c1cc(-c2ccccn2)[c-]c(-c2ccccn2)c1.[Ir]. The van der Waals surface area contributed by atoms with Crippen molar-refractivity contribution < 1.29 is 30.3 Å². The van der Waals surface area contributed by atoms with Crippen LogP contribution in [0.15, 0.2) is 207 Å². The predicted octanol–water partition coefficient (Wildman–Crippen LogP) is 18.6. The Bertz CT molecular complexity index is 3340. The molecule has 0 bridgehead atoms. The number of pyridine rings is 3. The predicted molar refractivity (Wildman–Crippen MR) is 308 cm³/mol. The molecule has 3 heterocycles. The standard InChI is InChI=1S/C35H33NO2.C34H31N2.Ir/c1-22(2)29-18-25(24-12-6-5-7-13-24)19-30(23(3)4)35(29)26-20-31(27-14-8-10-16-33(27)37)36-32(21-26)28-15-9-11-17-34(28)38;1-23(2)30-21-26(25-12-6-5-7-13-25)22-31(24(3)4)34(30)29-19-27(32-14-8-10-16-35-32)18-28(20-29)33-15-9-11-17-36-33;/h5-23,37-38H,1-4H3;5-17,19-24H,1-4H3;/q;-1;.